The summed E-state index contributed by atoms with van der Waals surface area (Å²) in [5.74, 6) is 0.874. The summed E-state index contributed by atoms with van der Waals surface area (Å²) in [6.45, 7) is 1.97. The van der Waals surface area contributed by atoms with Crippen molar-refractivity contribution in [2.75, 3.05) is 0 Å². The van der Waals surface area contributed by atoms with Gasteiger partial charge in [0.1, 0.15) is 17.0 Å². The topological polar surface area (TPSA) is 43.1 Å². The summed E-state index contributed by atoms with van der Waals surface area (Å²) in [5.41, 5.74) is 5.04. The Morgan fingerprint density at radius 2 is 1.66 bits per heavy atom. The van der Waals surface area contributed by atoms with Crippen LogP contribution in [0.5, 0.6) is 0 Å². The number of aryl methyl sites for hydroxylation is 1. The molecule has 2 aromatic carbocycles. The molecule has 1 aliphatic heterocycles. The van der Waals surface area contributed by atoms with E-state index in [9.17, 15) is 0 Å². The van der Waals surface area contributed by atoms with E-state index in [1.54, 1.807) is 0 Å². The molecule has 0 fully saturated rings. The third-order valence-corrected chi connectivity index (χ3v) is 8.50. The predicted molar refractivity (Wildman–Crippen MR) is 120 cm³/mol. The van der Waals surface area contributed by atoms with Crippen LogP contribution in [0.25, 0.3) is 15.9 Å². The lowest BCUT2D eigenvalue weighted by atomic mass is 9.98. The van der Waals surface area contributed by atoms with E-state index in [-0.39, 0.29) is 0 Å². The number of benzene rings is 2. The molecule has 6 rings (SSSR count). The molecular weight excluding hydrogens is 396 g/mol. The Morgan fingerprint density at radius 1 is 0.931 bits per heavy atom. The van der Waals surface area contributed by atoms with Crippen molar-refractivity contribution in [2.24, 2.45) is 0 Å². The molecule has 4 nitrogen and oxygen atoms in total. The van der Waals surface area contributed by atoms with Crippen molar-refractivity contribution in [3.8, 4) is 0 Å². The molecule has 1 aliphatic rings. The fraction of sp³-hybridized carbons (Fsp3) is 0.174. The summed E-state index contributed by atoms with van der Waals surface area (Å²) in [6.07, 6.45) is 2.84. The van der Waals surface area contributed by atoms with Gasteiger partial charge < -0.3 is 0 Å². The number of fused-ring (bicyclic) bond motifs is 5. The smallest absolute Gasteiger partial charge is 0.172 e. The highest BCUT2D eigenvalue weighted by molar-refractivity contribution is 8.00. The molecule has 0 unspecified atom stereocenters. The van der Waals surface area contributed by atoms with Crippen molar-refractivity contribution in [3.63, 3.8) is 0 Å². The van der Waals surface area contributed by atoms with Gasteiger partial charge in [0.2, 0.25) is 0 Å². The van der Waals surface area contributed by atoms with Crippen LogP contribution in [0.15, 0.2) is 67.0 Å². The van der Waals surface area contributed by atoms with Crippen LogP contribution in [0.2, 0.25) is 0 Å². The zero-order valence-corrected chi connectivity index (χ0v) is 17.5. The lowest BCUT2D eigenvalue weighted by Gasteiger charge is -2.30. The maximum Gasteiger partial charge on any atom is 0.172 e. The van der Waals surface area contributed by atoms with Crippen molar-refractivity contribution in [1.82, 2.24) is 19.6 Å². The number of nitrogens with zero attached hydrogens (tertiary/aromatic N) is 4. The SMILES string of the molecule is Cc1nnc2c3c4c(sc3ncn12)[C@@H](c1ccccc1)S[C@H](c1ccccc1)C4. The monoisotopic (exact) mass is 414 g/mol. The Morgan fingerprint density at radius 3 is 2.41 bits per heavy atom. The van der Waals surface area contributed by atoms with Gasteiger partial charge in [-0.15, -0.1) is 33.3 Å². The van der Waals surface area contributed by atoms with Gasteiger partial charge in [-0.2, -0.15) is 0 Å². The molecule has 0 saturated heterocycles. The van der Waals surface area contributed by atoms with Crippen LogP contribution in [-0.4, -0.2) is 19.6 Å². The maximum absolute atomic E-state index is 4.77. The number of thioether (sulfide) groups is 1. The van der Waals surface area contributed by atoms with Crippen molar-refractivity contribution in [2.45, 2.75) is 23.8 Å². The average molecular weight is 415 g/mol. The summed E-state index contributed by atoms with van der Waals surface area (Å²) in [4.78, 5) is 7.23. The highest BCUT2D eigenvalue weighted by atomic mass is 32.2. The average Bonchev–Trinajstić information content (AvgIpc) is 3.34. The van der Waals surface area contributed by atoms with Crippen LogP contribution in [0.4, 0.5) is 0 Å². The molecule has 0 N–H and O–H groups in total. The zero-order chi connectivity index (χ0) is 19.4. The molecule has 29 heavy (non-hydrogen) atoms. The first-order valence-corrected chi connectivity index (χ1v) is 11.4. The fourth-order valence-corrected chi connectivity index (χ4v) is 7.15. The Balaban J connectivity index is 1.61. The number of aromatic nitrogens is 4. The number of thiophene rings is 1. The summed E-state index contributed by atoms with van der Waals surface area (Å²) < 4.78 is 2.01. The van der Waals surface area contributed by atoms with Crippen molar-refractivity contribution in [1.29, 1.82) is 0 Å². The summed E-state index contributed by atoms with van der Waals surface area (Å²) in [5, 5.41) is 10.7. The Kier molecular flexibility index (Phi) is 3.96. The maximum atomic E-state index is 4.77. The first-order valence-electron chi connectivity index (χ1n) is 9.66. The molecule has 3 aromatic heterocycles. The Bertz CT molecular complexity index is 1330. The third-order valence-electron chi connectivity index (χ3n) is 5.60. The van der Waals surface area contributed by atoms with Gasteiger partial charge in [0.25, 0.3) is 0 Å². The molecule has 0 bridgehead atoms. The normalized spacial score (nSPS) is 18.9. The highest BCUT2D eigenvalue weighted by Gasteiger charge is 2.34. The van der Waals surface area contributed by atoms with Crippen molar-refractivity contribution < 1.29 is 0 Å². The van der Waals surface area contributed by atoms with Gasteiger partial charge in [0, 0.05) is 10.1 Å². The van der Waals surface area contributed by atoms with Gasteiger partial charge in [-0.3, -0.25) is 4.40 Å². The van der Waals surface area contributed by atoms with E-state index in [1.807, 2.05) is 40.8 Å². The molecule has 142 valence electrons. The minimum atomic E-state index is 0.299. The molecule has 4 heterocycles. The minimum Gasteiger partial charge on any atom is -0.269 e. The summed E-state index contributed by atoms with van der Waals surface area (Å²) >= 11 is 3.86. The van der Waals surface area contributed by atoms with E-state index >= 15 is 0 Å². The highest BCUT2D eigenvalue weighted by Crippen LogP contribution is 2.55. The van der Waals surface area contributed by atoms with Crippen LogP contribution in [0.3, 0.4) is 0 Å². The Hall–Kier alpha value is -2.70. The van der Waals surface area contributed by atoms with Gasteiger partial charge in [0.15, 0.2) is 5.65 Å². The predicted octanol–water partition coefficient (Wildman–Crippen LogP) is 5.77. The van der Waals surface area contributed by atoms with Gasteiger partial charge in [0.05, 0.1) is 10.6 Å². The fourth-order valence-electron chi connectivity index (χ4n) is 4.17. The van der Waals surface area contributed by atoms with Crippen LogP contribution in [-0.2, 0) is 6.42 Å². The van der Waals surface area contributed by atoms with Crippen LogP contribution in [0.1, 0.15) is 37.9 Å². The quantitative estimate of drug-likeness (QED) is 0.368. The first-order chi connectivity index (χ1) is 14.3. The van der Waals surface area contributed by atoms with E-state index in [0.717, 1.165) is 22.7 Å². The second-order valence-electron chi connectivity index (χ2n) is 7.34. The molecule has 0 amide bonds. The van der Waals surface area contributed by atoms with Gasteiger partial charge >= 0.3 is 0 Å². The number of hydrogen-bond donors (Lipinski definition) is 0. The van der Waals surface area contributed by atoms with Crippen molar-refractivity contribution in [3.05, 3.63) is 94.4 Å². The lowest BCUT2D eigenvalue weighted by molar-refractivity contribution is 0.894. The molecular formula is C23H18N4S2. The Labute approximate surface area is 176 Å². The number of rotatable bonds is 2. The van der Waals surface area contributed by atoms with E-state index < -0.39 is 0 Å². The second kappa shape index (κ2) is 6.68. The zero-order valence-electron chi connectivity index (χ0n) is 15.8. The number of hydrogen-bond acceptors (Lipinski definition) is 5. The van der Waals surface area contributed by atoms with Gasteiger partial charge in [-0.25, -0.2) is 4.98 Å². The molecule has 0 saturated carbocycles. The molecule has 6 heteroatoms. The summed E-state index contributed by atoms with van der Waals surface area (Å²) in [7, 11) is 0. The molecule has 0 radical (unpaired) electrons. The van der Waals surface area contributed by atoms with E-state index in [1.165, 1.54) is 27.0 Å². The van der Waals surface area contributed by atoms with Crippen LogP contribution in [0, 0.1) is 6.92 Å². The minimum absolute atomic E-state index is 0.299. The summed E-state index contributed by atoms with van der Waals surface area (Å²) in [6, 6.07) is 21.7. The van der Waals surface area contributed by atoms with E-state index in [2.05, 4.69) is 70.9 Å². The first kappa shape index (κ1) is 17.2. The third kappa shape index (κ3) is 2.70. The molecule has 0 aliphatic carbocycles. The van der Waals surface area contributed by atoms with Gasteiger partial charge in [-0.1, -0.05) is 60.7 Å². The standard InChI is InChI=1S/C23H18N4S2/c1-14-25-26-22-19-17-12-18(15-8-4-2-5-9-15)28-20(16-10-6-3-7-11-16)21(17)29-23(19)24-13-27(14)22/h2-11,13,18,20H,12H2,1H3/t18-,20+/m0/s1. The molecule has 2 atom stereocenters. The van der Waals surface area contributed by atoms with E-state index in [0.29, 0.717) is 10.5 Å². The largest absolute Gasteiger partial charge is 0.269 e. The second-order valence-corrected chi connectivity index (χ2v) is 9.68. The van der Waals surface area contributed by atoms with E-state index in [4.69, 9.17) is 4.98 Å². The van der Waals surface area contributed by atoms with Gasteiger partial charge in [-0.05, 0) is 30.0 Å². The van der Waals surface area contributed by atoms with Crippen LogP contribution >= 0.6 is 23.1 Å². The van der Waals surface area contributed by atoms with Crippen molar-refractivity contribution >= 4 is 39.0 Å². The lowest BCUT2D eigenvalue weighted by Crippen LogP contribution is -2.11. The molecule has 0 spiro atoms. The molecule has 5 aromatic rings. The van der Waals surface area contributed by atoms with Crippen LogP contribution < -0.4 is 0 Å².